The lowest BCUT2D eigenvalue weighted by Crippen LogP contribution is -2.42. The predicted octanol–water partition coefficient (Wildman–Crippen LogP) is 2.54. The molecule has 1 amide bonds. The fourth-order valence-electron chi connectivity index (χ4n) is 2.59. The summed E-state index contributed by atoms with van der Waals surface area (Å²) < 4.78 is 43.9. The van der Waals surface area contributed by atoms with Crippen molar-refractivity contribution in [2.24, 2.45) is 0 Å². The van der Waals surface area contributed by atoms with Crippen LogP contribution in [-0.4, -0.2) is 34.9 Å². The molecule has 1 aromatic rings. The van der Waals surface area contributed by atoms with Crippen molar-refractivity contribution in [3.63, 3.8) is 0 Å². The minimum absolute atomic E-state index is 0.0407. The number of carbonyl (C=O) groups is 1. The maximum atomic E-state index is 12.5. The van der Waals surface area contributed by atoms with Crippen LogP contribution in [-0.2, 0) is 15.7 Å². The predicted molar refractivity (Wildman–Crippen MR) is 73.1 cm³/mol. The van der Waals surface area contributed by atoms with Crippen molar-refractivity contribution in [2.75, 3.05) is 7.11 Å². The molecule has 22 heavy (non-hydrogen) atoms. The minimum atomic E-state index is -4.50. The van der Waals surface area contributed by atoms with Crippen molar-refractivity contribution in [3.05, 3.63) is 18.0 Å². The Morgan fingerprint density at radius 3 is 2.55 bits per heavy atom. The number of alkyl halides is 3. The summed E-state index contributed by atoms with van der Waals surface area (Å²) in [5, 5.41) is 6.30. The second-order valence-corrected chi connectivity index (χ2v) is 5.57. The Bertz CT molecular complexity index is 508. The van der Waals surface area contributed by atoms with E-state index in [1.165, 1.54) is 13.1 Å². The second kappa shape index (κ2) is 6.68. The summed E-state index contributed by atoms with van der Waals surface area (Å²) in [4.78, 5) is 12.1. The number of amides is 1. The van der Waals surface area contributed by atoms with Gasteiger partial charge in [-0.2, -0.15) is 18.3 Å². The van der Waals surface area contributed by atoms with Crippen LogP contribution in [0.5, 0.6) is 0 Å². The molecule has 0 aromatic carbocycles. The monoisotopic (exact) mass is 319 g/mol. The summed E-state index contributed by atoms with van der Waals surface area (Å²) in [6.45, 7) is 1.53. The molecule has 1 atom stereocenters. The molecule has 0 bridgehead atoms. The van der Waals surface area contributed by atoms with Gasteiger partial charge in [0, 0.05) is 19.3 Å². The first-order valence-electron chi connectivity index (χ1n) is 7.26. The molecule has 1 fully saturated rings. The van der Waals surface area contributed by atoms with Crippen LogP contribution in [0.15, 0.2) is 12.3 Å². The normalized spacial score (nSPS) is 24.0. The highest BCUT2D eigenvalue weighted by atomic mass is 19.4. The number of aromatic nitrogens is 2. The van der Waals surface area contributed by atoms with E-state index < -0.39 is 17.9 Å². The van der Waals surface area contributed by atoms with Crippen LogP contribution in [0, 0.1) is 0 Å². The van der Waals surface area contributed by atoms with E-state index in [0.717, 1.165) is 36.4 Å². The molecular weight excluding hydrogens is 299 g/mol. The summed E-state index contributed by atoms with van der Waals surface area (Å²) >= 11 is 0. The number of hydrogen-bond donors (Lipinski definition) is 1. The third-order valence-corrected chi connectivity index (χ3v) is 4.03. The fraction of sp³-hybridized carbons (Fsp3) is 0.714. The van der Waals surface area contributed by atoms with Crippen LogP contribution < -0.4 is 5.32 Å². The zero-order chi connectivity index (χ0) is 16.3. The van der Waals surface area contributed by atoms with Gasteiger partial charge in [-0.05, 0) is 38.7 Å². The first-order valence-corrected chi connectivity index (χ1v) is 7.26. The molecule has 1 N–H and O–H groups in total. The highest BCUT2D eigenvalue weighted by molar-refractivity contribution is 5.80. The van der Waals surface area contributed by atoms with Gasteiger partial charge < -0.3 is 10.1 Å². The Balaban J connectivity index is 1.91. The van der Waals surface area contributed by atoms with Gasteiger partial charge in [-0.1, -0.05) is 0 Å². The highest BCUT2D eigenvalue weighted by Crippen LogP contribution is 2.28. The fourth-order valence-corrected chi connectivity index (χ4v) is 2.59. The maximum absolute atomic E-state index is 12.5. The first kappa shape index (κ1) is 16.8. The summed E-state index contributed by atoms with van der Waals surface area (Å²) in [7, 11) is 1.67. The first-order chi connectivity index (χ1) is 10.3. The van der Waals surface area contributed by atoms with Gasteiger partial charge in [0.05, 0.1) is 6.10 Å². The Labute approximate surface area is 126 Å². The molecule has 1 saturated carbocycles. The quantitative estimate of drug-likeness (QED) is 0.928. The van der Waals surface area contributed by atoms with Crippen LogP contribution in [0.25, 0.3) is 0 Å². The zero-order valence-electron chi connectivity index (χ0n) is 12.6. The van der Waals surface area contributed by atoms with Gasteiger partial charge in [-0.25, -0.2) is 0 Å². The third kappa shape index (κ3) is 4.00. The lowest BCUT2D eigenvalue weighted by Gasteiger charge is -2.29. The van der Waals surface area contributed by atoms with Gasteiger partial charge in [0.1, 0.15) is 6.04 Å². The van der Waals surface area contributed by atoms with Gasteiger partial charge >= 0.3 is 6.18 Å². The van der Waals surface area contributed by atoms with Crippen molar-refractivity contribution in [1.29, 1.82) is 0 Å². The molecule has 1 heterocycles. The van der Waals surface area contributed by atoms with Crippen molar-refractivity contribution in [1.82, 2.24) is 15.1 Å². The number of nitrogens with zero attached hydrogens (tertiary/aromatic N) is 2. The minimum Gasteiger partial charge on any atom is -0.381 e. The second-order valence-electron chi connectivity index (χ2n) is 5.57. The molecule has 5 nitrogen and oxygen atoms in total. The average molecular weight is 319 g/mol. The molecule has 1 unspecified atom stereocenters. The van der Waals surface area contributed by atoms with Crippen molar-refractivity contribution in [3.8, 4) is 0 Å². The van der Waals surface area contributed by atoms with Crippen LogP contribution in [0.3, 0.4) is 0 Å². The Hall–Kier alpha value is -1.57. The number of carbonyl (C=O) groups excluding carboxylic acids is 1. The van der Waals surface area contributed by atoms with Crippen molar-refractivity contribution in [2.45, 2.75) is 57.0 Å². The molecule has 1 aromatic heterocycles. The summed E-state index contributed by atoms with van der Waals surface area (Å²) in [5.41, 5.74) is -0.993. The van der Waals surface area contributed by atoms with E-state index in [2.05, 4.69) is 10.4 Å². The van der Waals surface area contributed by atoms with E-state index in [-0.39, 0.29) is 18.1 Å². The molecule has 0 radical (unpaired) electrons. The molecule has 1 aliphatic rings. The molecule has 8 heteroatoms. The van der Waals surface area contributed by atoms with Gasteiger partial charge in [-0.15, -0.1) is 0 Å². The molecule has 2 rings (SSSR count). The van der Waals surface area contributed by atoms with Crippen LogP contribution >= 0.6 is 0 Å². The van der Waals surface area contributed by atoms with Gasteiger partial charge in [0.15, 0.2) is 5.69 Å². The van der Waals surface area contributed by atoms with E-state index in [0.29, 0.717) is 0 Å². The standard InChI is InChI=1S/C14H20F3N3O2/c1-9(20-8-7-12(19-20)14(15,16)17)13(21)18-10-3-5-11(22-2)6-4-10/h7-11H,3-6H2,1-2H3,(H,18,21). The van der Waals surface area contributed by atoms with Gasteiger partial charge in [0.25, 0.3) is 0 Å². The third-order valence-electron chi connectivity index (χ3n) is 4.03. The summed E-state index contributed by atoms with van der Waals surface area (Å²) in [5.74, 6) is -0.322. The number of hydrogen-bond acceptors (Lipinski definition) is 3. The largest absolute Gasteiger partial charge is 0.435 e. The Kier molecular flexibility index (Phi) is 5.10. The van der Waals surface area contributed by atoms with E-state index in [1.54, 1.807) is 7.11 Å². The van der Waals surface area contributed by atoms with Gasteiger partial charge in [-0.3, -0.25) is 9.48 Å². The van der Waals surface area contributed by atoms with Crippen LogP contribution in [0.2, 0.25) is 0 Å². The smallest absolute Gasteiger partial charge is 0.381 e. The molecule has 0 spiro atoms. The number of halogens is 3. The van der Waals surface area contributed by atoms with Crippen molar-refractivity contribution < 1.29 is 22.7 Å². The van der Waals surface area contributed by atoms with E-state index in [1.807, 2.05) is 0 Å². The molecule has 0 aliphatic heterocycles. The number of methoxy groups -OCH3 is 1. The average Bonchev–Trinajstić information content (AvgIpc) is 2.97. The topological polar surface area (TPSA) is 56.1 Å². The van der Waals surface area contributed by atoms with Crippen LogP contribution in [0.4, 0.5) is 13.2 Å². The molecule has 1 aliphatic carbocycles. The lowest BCUT2D eigenvalue weighted by molar-refractivity contribution is -0.142. The maximum Gasteiger partial charge on any atom is 0.435 e. The molecular formula is C14H20F3N3O2. The number of rotatable bonds is 4. The molecule has 124 valence electrons. The van der Waals surface area contributed by atoms with Crippen molar-refractivity contribution >= 4 is 5.91 Å². The zero-order valence-corrected chi connectivity index (χ0v) is 12.6. The summed E-state index contributed by atoms with van der Waals surface area (Å²) in [6, 6.07) is 0.128. The summed E-state index contributed by atoms with van der Waals surface area (Å²) in [6.07, 6.45) is 0.264. The van der Waals surface area contributed by atoms with Crippen LogP contribution in [0.1, 0.15) is 44.3 Å². The van der Waals surface area contributed by atoms with E-state index in [9.17, 15) is 18.0 Å². The Morgan fingerprint density at radius 1 is 1.41 bits per heavy atom. The molecule has 0 saturated heterocycles. The number of ether oxygens (including phenoxy) is 1. The SMILES string of the molecule is COC1CCC(NC(=O)C(C)n2ccc(C(F)(F)F)n2)CC1. The highest BCUT2D eigenvalue weighted by Gasteiger charge is 2.34. The van der Waals surface area contributed by atoms with E-state index in [4.69, 9.17) is 4.74 Å². The Morgan fingerprint density at radius 2 is 2.05 bits per heavy atom. The van der Waals surface area contributed by atoms with E-state index >= 15 is 0 Å². The lowest BCUT2D eigenvalue weighted by atomic mass is 9.93. The van der Waals surface area contributed by atoms with Gasteiger partial charge in [0.2, 0.25) is 5.91 Å². The number of nitrogens with one attached hydrogen (secondary N) is 1.